The normalized spacial score (nSPS) is 18.7. The molecule has 0 radical (unpaired) electrons. The molecule has 3 rings (SSSR count). The zero-order chi connectivity index (χ0) is 16.9. The number of hydrogen-bond acceptors (Lipinski definition) is 3. The first-order valence-corrected chi connectivity index (χ1v) is 8.73. The van der Waals surface area contributed by atoms with E-state index in [0.29, 0.717) is 0 Å². The van der Waals surface area contributed by atoms with Crippen molar-refractivity contribution in [1.29, 1.82) is 0 Å². The highest BCUT2D eigenvalue weighted by Crippen LogP contribution is 2.27. The third-order valence-electron chi connectivity index (χ3n) is 4.88. The van der Waals surface area contributed by atoms with Gasteiger partial charge in [0.15, 0.2) is 5.96 Å². The summed E-state index contributed by atoms with van der Waals surface area (Å²) < 4.78 is 0. The van der Waals surface area contributed by atoms with E-state index in [1.54, 1.807) is 6.92 Å². The monoisotopic (exact) mass is 329 g/mol. The second-order valence-corrected chi connectivity index (χ2v) is 6.35. The summed E-state index contributed by atoms with van der Waals surface area (Å²) in [6.07, 6.45) is 1.07. The van der Waals surface area contributed by atoms with Crippen molar-refractivity contribution in [2.24, 2.45) is 4.99 Å². The third kappa shape index (κ3) is 3.70. The Hall–Kier alpha value is -2.08. The van der Waals surface area contributed by atoms with Gasteiger partial charge >= 0.3 is 0 Å². The van der Waals surface area contributed by atoms with Gasteiger partial charge in [0.1, 0.15) is 0 Å². The summed E-state index contributed by atoms with van der Waals surface area (Å²) in [4.78, 5) is 22.4. The lowest BCUT2D eigenvalue weighted by Crippen LogP contribution is -2.50. The molecule has 2 aliphatic heterocycles. The van der Waals surface area contributed by atoms with Crippen molar-refractivity contribution in [3.05, 3.63) is 29.8 Å². The SMILES string of the molecule is CN=C(NCCN1CCN(C(C)=O)CC1)N1CCc2ccccc21. The van der Waals surface area contributed by atoms with Crippen LogP contribution in [0.15, 0.2) is 29.3 Å². The topological polar surface area (TPSA) is 51.2 Å². The lowest BCUT2D eigenvalue weighted by Gasteiger charge is -2.34. The second kappa shape index (κ2) is 7.66. The van der Waals surface area contributed by atoms with E-state index in [9.17, 15) is 4.79 Å². The Bertz CT molecular complexity index is 607. The molecule has 1 aromatic rings. The Labute approximate surface area is 144 Å². The first kappa shape index (κ1) is 16.8. The van der Waals surface area contributed by atoms with Crippen molar-refractivity contribution in [2.45, 2.75) is 13.3 Å². The Morgan fingerprint density at radius 1 is 1.17 bits per heavy atom. The number of amides is 1. The number of guanidine groups is 1. The number of hydrogen-bond donors (Lipinski definition) is 1. The average Bonchev–Trinajstić information content (AvgIpc) is 3.03. The number of nitrogens with one attached hydrogen (secondary N) is 1. The van der Waals surface area contributed by atoms with Gasteiger partial charge in [-0.05, 0) is 18.1 Å². The highest BCUT2D eigenvalue weighted by molar-refractivity contribution is 5.97. The van der Waals surface area contributed by atoms with E-state index in [1.165, 1.54) is 11.3 Å². The van der Waals surface area contributed by atoms with Crippen LogP contribution in [0.2, 0.25) is 0 Å². The van der Waals surface area contributed by atoms with Gasteiger partial charge in [-0.25, -0.2) is 0 Å². The Balaban J connectivity index is 1.47. The van der Waals surface area contributed by atoms with E-state index in [-0.39, 0.29) is 5.91 Å². The molecule has 0 atom stereocenters. The van der Waals surface area contributed by atoms with Gasteiger partial charge in [-0.15, -0.1) is 0 Å². The summed E-state index contributed by atoms with van der Waals surface area (Å²) in [6.45, 7) is 8.04. The largest absolute Gasteiger partial charge is 0.355 e. The van der Waals surface area contributed by atoms with Crippen molar-refractivity contribution in [1.82, 2.24) is 15.1 Å². The van der Waals surface area contributed by atoms with Crippen LogP contribution in [-0.4, -0.2) is 74.5 Å². The second-order valence-electron chi connectivity index (χ2n) is 6.35. The number of anilines is 1. The number of rotatable bonds is 3. The van der Waals surface area contributed by atoms with Crippen LogP contribution >= 0.6 is 0 Å². The summed E-state index contributed by atoms with van der Waals surface area (Å²) in [6, 6.07) is 8.53. The van der Waals surface area contributed by atoms with Crippen LogP contribution in [0.3, 0.4) is 0 Å². The number of fused-ring (bicyclic) bond motifs is 1. The molecule has 1 N–H and O–H groups in total. The van der Waals surface area contributed by atoms with Crippen molar-refractivity contribution in [3.8, 4) is 0 Å². The molecule has 130 valence electrons. The zero-order valence-corrected chi connectivity index (χ0v) is 14.7. The molecular weight excluding hydrogens is 302 g/mol. The summed E-state index contributed by atoms with van der Waals surface area (Å²) in [5.74, 6) is 1.13. The van der Waals surface area contributed by atoms with Crippen LogP contribution in [0.1, 0.15) is 12.5 Å². The van der Waals surface area contributed by atoms with Crippen LogP contribution in [0, 0.1) is 0 Å². The first-order chi connectivity index (χ1) is 11.7. The maximum atomic E-state index is 11.4. The molecule has 1 amide bonds. The molecule has 1 aromatic carbocycles. The van der Waals surface area contributed by atoms with Crippen LogP contribution < -0.4 is 10.2 Å². The molecule has 0 unspecified atom stereocenters. The van der Waals surface area contributed by atoms with Gasteiger partial charge in [-0.1, -0.05) is 18.2 Å². The lowest BCUT2D eigenvalue weighted by atomic mass is 10.2. The van der Waals surface area contributed by atoms with Crippen LogP contribution in [-0.2, 0) is 11.2 Å². The number of para-hydroxylation sites is 1. The standard InChI is InChI=1S/C18H27N5O/c1-15(24)22-13-11-21(12-14-22)10-8-20-18(19-2)23-9-7-16-5-3-4-6-17(16)23/h3-6H,7-14H2,1-2H3,(H,19,20). The number of aliphatic imine (C=N–C) groups is 1. The Morgan fingerprint density at radius 3 is 2.62 bits per heavy atom. The predicted octanol–water partition coefficient (Wildman–Crippen LogP) is 0.789. The minimum atomic E-state index is 0.181. The first-order valence-electron chi connectivity index (χ1n) is 8.73. The van der Waals surface area contributed by atoms with Gasteiger partial charge in [-0.3, -0.25) is 14.7 Å². The molecule has 6 heteroatoms. The third-order valence-corrected chi connectivity index (χ3v) is 4.88. The number of carbonyl (C=O) groups excluding carboxylic acids is 1. The predicted molar refractivity (Wildman–Crippen MR) is 97.5 cm³/mol. The molecule has 24 heavy (non-hydrogen) atoms. The smallest absolute Gasteiger partial charge is 0.219 e. The van der Waals surface area contributed by atoms with Crippen molar-refractivity contribution in [2.75, 3.05) is 57.8 Å². The number of benzene rings is 1. The molecule has 2 aliphatic rings. The molecule has 2 heterocycles. The zero-order valence-electron chi connectivity index (χ0n) is 14.7. The highest BCUT2D eigenvalue weighted by atomic mass is 16.2. The maximum Gasteiger partial charge on any atom is 0.219 e. The molecule has 1 fully saturated rings. The molecule has 0 spiro atoms. The Morgan fingerprint density at radius 2 is 1.92 bits per heavy atom. The van der Waals surface area contributed by atoms with Crippen LogP contribution in [0.5, 0.6) is 0 Å². The van der Waals surface area contributed by atoms with Crippen LogP contribution in [0.4, 0.5) is 5.69 Å². The fraction of sp³-hybridized carbons (Fsp3) is 0.556. The summed E-state index contributed by atoms with van der Waals surface area (Å²) in [5.41, 5.74) is 2.65. The van der Waals surface area contributed by atoms with E-state index < -0.39 is 0 Å². The van der Waals surface area contributed by atoms with Gasteiger partial charge in [0.25, 0.3) is 0 Å². The van der Waals surface area contributed by atoms with Crippen molar-refractivity contribution >= 4 is 17.6 Å². The van der Waals surface area contributed by atoms with Gasteiger partial charge in [0, 0.05) is 65.5 Å². The van der Waals surface area contributed by atoms with E-state index >= 15 is 0 Å². The molecule has 0 bridgehead atoms. The van der Waals surface area contributed by atoms with E-state index in [1.807, 2.05) is 11.9 Å². The van der Waals surface area contributed by atoms with Gasteiger partial charge in [0.2, 0.25) is 5.91 Å². The molecule has 1 saturated heterocycles. The summed E-state index contributed by atoms with van der Waals surface area (Å²) in [7, 11) is 1.84. The van der Waals surface area contributed by atoms with E-state index in [0.717, 1.165) is 58.2 Å². The summed E-state index contributed by atoms with van der Waals surface area (Å²) >= 11 is 0. The minimum absolute atomic E-state index is 0.181. The Kier molecular flexibility index (Phi) is 5.35. The number of nitrogens with zero attached hydrogens (tertiary/aromatic N) is 4. The van der Waals surface area contributed by atoms with Crippen LogP contribution in [0.25, 0.3) is 0 Å². The van der Waals surface area contributed by atoms with Crippen molar-refractivity contribution in [3.63, 3.8) is 0 Å². The molecule has 0 aromatic heterocycles. The average molecular weight is 329 g/mol. The number of piperazine rings is 1. The van der Waals surface area contributed by atoms with Crippen molar-refractivity contribution < 1.29 is 4.79 Å². The minimum Gasteiger partial charge on any atom is -0.355 e. The highest BCUT2D eigenvalue weighted by Gasteiger charge is 2.23. The lowest BCUT2D eigenvalue weighted by molar-refractivity contribution is -0.130. The van der Waals surface area contributed by atoms with Gasteiger partial charge in [-0.2, -0.15) is 0 Å². The van der Waals surface area contributed by atoms with Gasteiger partial charge < -0.3 is 15.1 Å². The number of carbonyl (C=O) groups is 1. The fourth-order valence-corrected chi connectivity index (χ4v) is 3.47. The molecule has 0 aliphatic carbocycles. The summed E-state index contributed by atoms with van der Waals surface area (Å²) in [5, 5.41) is 3.49. The quantitative estimate of drug-likeness (QED) is 0.658. The maximum absolute atomic E-state index is 11.4. The fourth-order valence-electron chi connectivity index (χ4n) is 3.47. The molecule has 0 saturated carbocycles. The molecular formula is C18H27N5O. The molecule has 6 nitrogen and oxygen atoms in total. The van der Waals surface area contributed by atoms with E-state index in [2.05, 4.69) is 44.4 Å². The van der Waals surface area contributed by atoms with Gasteiger partial charge in [0.05, 0.1) is 0 Å². The van der Waals surface area contributed by atoms with E-state index in [4.69, 9.17) is 0 Å².